The van der Waals surface area contributed by atoms with Crippen LogP contribution in [0.4, 0.5) is 0 Å². The molecule has 1 atom stereocenters. The summed E-state index contributed by atoms with van der Waals surface area (Å²) in [5, 5.41) is 0. The lowest BCUT2D eigenvalue weighted by atomic mass is 10.3. The summed E-state index contributed by atoms with van der Waals surface area (Å²) >= 11 is 0. The summed E-state index contributed by atoms with van der Waals surface area (Å²) < 4.78 is 16.5. The molecular formula is C11H20O2S2. The Kier molecular flexibility index (Phi) is 12.0. The average Bonchev–Trinajstić information content (AvgIpc) is 2.25. The Bertz CT molecular complexity index is 172. The maximum Gasteiger partial charge on any atom is 0.139 e. The van der Waals surface area contributed by atoms with E-state index in [9.17, 15) is 4.55 Å². The van der Waals surface area contributed by atoms with Gasteiger partial charge in [0.25, 0.3) is 0 Å². The van der Waals surface area contributed by atoms with Crippen LogP contribution >= 0.6 is 10.8 Å². The molecule has 0 N–H and O–H groups in total. The second-order valence-corrected chi connectivity index (χ2v) is 6.33. The molecule has 0 spiro atoms. The first-order valence-corrected chi connectivity index (χ1v) is 8.02. The summed E-state index contributed by atoms with van der Waals surface area (Å²) in [7, 11) is 0.546. The smallest absolute Gasteiger partial charge is 0.139 e. The van der Waals surface area contributed by atoms with E-state index in [4.69, 9.17) is 4.74 Å². The van der Waals surface area contributed by atoms with Gasteiger partial charge in [0.2, 0.25) is 0 Å². The molecule has 0 saturated heterocycles. The van der Waals surface area contributed by atoms with Gasteiger partial charge in [0.1, 0.15) is 5.75 Å². The molecular weight excluding hydrogens is 228 g/mol. The van der Waals surface area contributed by atoms with Gasteiger partial charge in [0, 0.05) is 16.3 Å². The van der Waals surface area contributed by atoms with Gasteiger partial charge in [-0.25, -0.2) is 0 Å². The SMILES string of the molecule is C=CCS[S+]([O-])CC=COCCCCC. The van der Waals surface area contributed by atoms with E-state index in [1.807, 2.05) is 6.08 Å². The number of hydrogen-bond acceptors (Lipinski definition) is 3. The van der Waals surface area contributed by atoms with Gasteiger partial charge in [-0.3, -0.25) is 0 Å². The van der Waals surface area contributed by atoms with Crippen molar-refractivity contribution in [3.63, 3.8) is 0 Å². The summed E-state index contributed by atoms with van der Waals surface area (Å²) in [6, 6.07) is 0. The Morgan fingerprint density at radius 3 is 2.93 bits per heavy atom. The van der Waals surface area contributed by atoms with Crippen molar-refractivity contribution in [2.24, 2.45) is 0 Å². The predicted octanol–water partition coefficient (Wildman–Crippen LogP) is 3.29. The summed E-state index contributed by atoms with van der Waals surface area (Å²) in [5.41, 5.74) is 0. The van der Waals surface area contributed by atoms with Gasteiger partial charge < -0.3 is 9.29 Å². The van der Waals surface area contributed by atoms with Crippen LogP contribution < -0.4 is 0 Å². The quantitative estimate of drug-likeness (QED) is 0.195. The van der Waals surface area contributed by atoms with Crippen LogP contribution in [-0.4, -0.2) is 22.7 Å². The lowest BCUT2D eigenvalue weighted by Gasteiger charge is -2.03. The predicted molar refractivity (Wildman–Crippen MR) is 70.3 cm³/mol. The molecule has 0 radical (unpaired) electrons. The molecule has 0 saturated carbocycles. The Morgan fingerprint density at radius 2 is 2.27 bits per heavy atom. The third-order valence-electron chi connectivity index (χ3n) is 1.61. The highest BCUT2D eigenvalue weighted by molar-refractivity contribution is 8.72. The first kappa shape index (κ1) is 14.9. The van der Waals surface area contributed by atoms with Gasteiger partial charge in [-0.05, 0) is 6.42 Å². The molecule has 0 heterocycles. The second kappa shape index (κ2) is 12.0. The van der Waals surface area contributed by atoms with Crippen molar-refractivity contribution < 1.29 is 9.29 Å². The molecule has 15 heavy (non-hydrogen) atoms. The van der Waals surface area contributed by atoms with Crippen LogP contribution in [0.1, 0.15) is 26.2 Å². The minimum Gasteiger partial charge on any atom is -0.605 e. The molecule has 0 aromatic rings. The van der Waals surface area contributed by atoms with Crippen molar-refractivity contribution in [3.05, 3.63) is 25.0 Å². The zero-order chi connectivity index (χ0) is 11.4. The molecule has 88 valence electrons. The largest absolute Gasteiger partial charge is 0.605 e. The summed E-state index contributed by atoms with van der Waals surface area (Å²) in [4.78, 5) is 0. The summed E-state index contributed by atoms with van der Waals surface area (Å²) in [6.07, 6.45) is 8.73. The maximum absolute atomic E-state index is 11.3. The van der Waals surface area contributed by atoms with E-state index >= 15 is 0 Å². The van der Waals surface area contributed by atoms with Gasteiger partial charge >= 0.3 is 0 Å². The molecule has 0 bridgehead atoms. The summed E-state index contributed by atoms with van der Waals surface area (Å²) in [5.74, 6) is 1.28. The average molecular weight is 248 g/mol. The highest BCUT2D eigenvalue weighted by Crippen LogP contribution is 2.12. The Hall–Kier alpha value is -0.0600. The van der Waals surface area contributed by atoms with E-state index in [2.05, 4.69) is 13.5 Å². The third kappa shape index (κ3) is 11.9. The first-order valence-electron chi connectivity index (χ1n) is 5.20. The lowest BCUT2D eigenvalue weighted by Crippen LogP contribution is -1.99. The number of hydrogen-bond donors (Lipinski definition) is 0. The van der Waals surface area contributed by atoms with Crippen molar-refractivity contribution in [1.29, 1.82) is 0 Å². The molecule has 0 rings (SSSR count). The Balaban J connectivity index is 3.25. The minimum absolute atomic E-state index is 0.548. The van der Waals surface area contributed by atoms with Gasteiger partial charge in [0.05, 0.1) is 29.4 Å². The normalized spacial score (nSPS) is 12.9. The maximum atomic E-state index is 11.3. The second-order valence-electron chi connectivity index (χ2n) is 2.99. The fourth-order valence-corrected chi connectivity index (χ4v) is 2.71. The van der Waals surface area contributed by atoms with E-state index in [1.165, 1.54) is 23.6 Å². The fourth-order valence-electron chi connectivity index (χ4n) is 0.861. The topological polar surface area (TPSA) is 32.3 Å². The van der Waals surface area contributed by atoms with Crippen molar-refractivity contribution in [2.45, 2.75) is 26.2 Å². The monoisotopic (exact) mass is 248 g/mol. The van der Waals surface area contributed by atoms with Crippen LogP contribution in [0.5, 0.6) is 0 Å². The number of rotatable bonds is 10. The molecule has 2 nitrogen and oxygen atoms in total. The highest BCUT2D eigenvalue weighted by Gasteiger charge is 2.02. The molecule has 4 heteroatoms. The van der Waals surface area contributed by atoms with Crippen LogP contribution in [-0.2, 0) is 14.9 Å². The van der Waals surface area contributed by atoms with Crippen molar-refractivity contribution in [3.8, 4) is 0 Å². The van der Waals surface area contributed by atoms with Crippen molar-refractivity contribution in [1.82, 2.24) is 0 Å². The number of unbranched alkanes of at least 4 members (excludes halogenated alkanes) is 2. The fraction of sp³-hybridized carbons (Fsp3) is 0.636. The van der Waals surface area contributed by atoms with Crippen molar-refractivity contribution in [2.75, 3.05) is 18.1 Å². The highest BCUT2D eigenvalue weighted by atomic mass is 33.1. The van der Waals surface area contributed by atoms with Crippen LogP contribution in [0.3, 0.4) is 0 Å². The number of ether oxygens (including phenoxy) is 1. The Labute approximate surface area is 99.7 Å². The van der Waals surface area contributed by atoms with Gasteiger partial charge in [-0.1, -0.05) is 25.8 Å². The molecule has 1 unspecified atom stereocenters. The van der Waals surface area contributed by atoms with Crippen LogP contribution in [0.2, 0.25) is 0 Å². The molecule has 0 amide bonds. The molecule has 0 aromatic carbocycles. The Morgan fingerprint density at radius 1 is 1.47 bits per heavy atom. The van der Waals surface area contributed by atoms with E-state index in [0.29, 0.717) is 5.75 Å². The van der Waals surface area contributed by atoms with Gasteiger partial charge in [0.15, 0.2) is 0 Å². The van der Waals surface area contributed by atoms with E-state index < -0.39 is 10.2 Å². The zero-order valence-electron chi connectivity index (χ0n) is 9.31. The standard InChI is InChI=1S/C11H20O2S2/c1-3-5-6-8-13-9-7-11-15(12)14-10-4-2/h4,7,9H,2-3,5-6,8,10-11H2,1H3. The van der Waals surface area contributed by atoms with E-state index in [-0.39, 0.29) is 0 Å². The first-order chi connectivity index (χ1) is 7.31. The van der Waals surface area contributed by atoms with E-state index in [0.717, 1.165) is 18.8 Å². The lowest BCUT2D eigenvalue weighted by molar-refractivity contribution is 0.241. The van der Waals surface area contributed by atoms with Crippen LogP contribution in [0.25, 0.3) is 0 Å². The minimum atomic E-state index is -0.850. The molecule has 0 fully saturated rings. The molecule has 0 aromatic heterocycles. The van der Waals surface area contributed by atoms with Crippen molar-refractivity contribution >= 4 is 21.0 Å². The van der Waals surface area contributed by atoms with Crippen LogP contribution in [0.15, 0.2) is 25.0 Å². The third-order valence-corrected chi connectivity index (χ3v) is 4.31. The molecule has 0 aliphatic heterocycles. The van der Waals surface area contributed by atoms with Gasteiger partial charge in [-0.15, -0.1) is 6.58 Å². The van der Waals surface area contributed by atoms with E-state index in [1.54, 1.807) is 12.3 Å². The van der Waals surface area contributed by atoms with Crippen LogP contribution in [0, 0.1) is 0 Å². The summed E-state index contributed by atoms with van der Waals surface area (Å²) in [6.45, 7) is 6.50. The van der Waals surface area contributed by atoms with Gasteiger partial charge in [-0.2, -0.15) is 0 Å². The zero-order valence-corrected chi connectivity index (χ0v) is 10.9. The molecule has 0 aliphatic carbocycles. The molecule has 0 aliphatic rings.